The maximum Gasteiger partial charge on any atom is 0.341 e. The third-order valence-electron chi connectivity index (χ3n) is 2.54. The molecular weight excluding hydrogens is 258 g/mol. The highest BCUT2D eigenvalue weighted by atomic mass is 32.2. The van der Waals surface area contributed by atoms with Gasteiger partial charge in [-0.2, -0.15) is 0 Å². The minimum atomic E-state index is -3.06. The van der Waals surface area contributed by atoms with Crippen LogP contribution in [0.4, 0.5) is 0 Å². The van der Waals surface area contributed by atoms with Gasteiger partial charge in [0.15, 0.2) is 9.84 Å². The zero-order valence-electron chi connectivity index (χ0n) is 9.75. The van der Waals surface area contributed by atoms with Crippen LogP contribution in [0.2, 0.25) is 0 Å². The van der Waals surface area contributed by atoms with Gasteiger partial charge >= 0.3 is 5.97 Å². The lowest BCUT2D eigenvalue weighted by molar-refractivity contribution is 0.0600. The van der Waals surface area contributed by atoms with Gasteiger partial charge in [0.2, 0.25) is 0 Å². The van der Waals surface area contributed by atoms with Crippen molar-refractivity contribution in [3.05, 3.63) is 35.1 Å². The zero-order valence-corrected chi connectivity index (χ0v) is 10.6. The van der Waals surface area contributed by atoms with Crippen LogP contribution in [0.25, 0.3) is 0 Å². The van der Waals surface area contributed by atoms with Crippen LogP contribution in [-0.4, -0.2) is 33.3 Å². The van der Waals surface area contributed by atoms with Gasteiger partial charge in [0.1, 0.15) is 12.0 Å². The molecule has 0 radical (unpaired) electrons. The summed E-state index contributed by atoms with van der Waals surface area (Å²) in [7, 11) is -1.77. The molecule has 1 aliphatic rings. The second kappa shape index (κ2) is 4.95. The van der Waals surface area contributed by atoms with Gasteiger partial charge in [-0.25, -0.2) is 13.2 Å². The van der Waals surface area contributed by atoms with Crippen molar-refractivity contribution in [1.29, 1.82) is 0 Å². The topological polar surface area (TPSA) is 85.6 Å². The Morgan fingerprint density at radius 1 is 1.61 bits per heavy atom. The summed E-state index contributed by atoms with van der Waals surface area (Å²) in [5.74, 6) is 0.138. The zero-order chi connectivity index (χ0) is 13.2. The van der Waals surface area contributed by atoms with E-state index in [1.165, 1.54) is 18.8 Å². The fourth-order valence-electron chi connectivity index (χ4n) is 1.63. The van der Waals surface area contributed by atoms with Crippen molar-refractivity contribution in [2.45, 2.75) is 12.6 Å². The Kier molecular flexibility index (Phi) is 3.53. The van der Waals surface area contributed by atoms with E-state index < -0.39 is 15.8 Å². The smallest absolute Gasteiger partial charge is 0.341 e. The normalized spacial score (nSPS) is 21.1. The molecule has 18 heavy (non-hydrogen) atoms. The highest BCUT2D eigenvalue weighted by Crippen LogP contribution is 2.11. The van der Waals surface area contributed by atoms with Gasteiger partial charge in [-0.1, -0.05) is 6.08 Å². The maximum absolute atomic E-state index is 11.2. The Bertz CT molecular complexity index is 572. The van der Waals surface area contributed by atoms with Crippen molar-refractivity contribution < 1.29 is 22.4 Å². The van der Waals surface area contributed by atoms with Crippen LogP contribution in [0.15, 0.2) is 28.2 Å². The van der Waals surface area contributed by atoms with Crippen LogP contribution in [0, 0.1) is 0 Å². The molecule has 0 fully saturated rings. The second-order valence-corrected chi connectivity index (χ2v) is 5.87. The molecule has 1 aromatic rings. The Morgan fingerprint density at radius 3 is 3.00 bits per heavy atom. The molecular formula is C11H13NO5S. The van der Waals surface area contributed by atoms with Crippen molar-refractivity contribution in [3.8, 4) is 0 Å². The predicted octanol–water partition coefficient (Wildman–Crippen LogP) is 0.466. The number of carbonyl (C=O) groups is 1. The van der Waals surface area contributed by atoms with Crippen molar-refractivity contribution >= 4 is 15.8 Å². The number of hydrogen-bond donors (Lipinski definition) is 1. The van der Waals surface area contributed by atoms with E-state index in [0.717, 1.165) is 0 Å². The van der Waals surface area contributed by atoms with Crippen LogP contribution < -0.4 is 5.32 Å². The molecule has 0 spiro atoms. The molecule has 7 heteroatoms. The number of rotatable bonds is 4. The summed E-state index contributed by atoms with van der Waals surface area (Å²) >= 11 is 0. The average Bonchev–Trinajstić information content (AvgIpc) is 2.92. The number of carbonyl (C=O) groups excluding carboxylic acids is 1. The van der Waals surface area contributed by atoms with Crippen LogP contribution in [0.3, 0.4) is 0 Å². The quantitative estimate of drug-likeness (QED) is 0.801. The Morgan fingerprint density at radius 2 is 2.39 bits per heavy atom. The third-order valence-corrected chi connectivity index (χ3v) is 3.94. The van der Waals surface area contributed by atoms with Crippen molar-refractivity contribution in [2.24, 2.45) is 0 Å². The predicted molar refractivity (Wildman–Crippen MR) is 63.6 cm³/mol. The van der Waals surface area contributed by atoms with E-state index in [4.69, 9.17) is 4.42 Å². The standard InChI is InChI=1S/C11H13NO5S/c1-16-11(13)8-4-10(17-6-8)5-12-9-2-3-18(14,15)7-9/h2-4,6,9,12H,5,7H2,1H3. The lowest BCUT2D eigenvalue weighted by Gasteiger charge is -2.07. The Labute approximate surface area is 105 Å². The molecule has 98 valence electrons. The van der Waals surface area contributed by atoms with Gasteiger partial charge in [0.25, 0.3) is 0 Å². The first-order valence-corrected chi connectivity index (χ1v) is 7.02. The number of sulfone groups is 1. The van der Waals surface area contributed by atoms with Crippen LogP contribution >= 0.6 is 0 Å². The number of methoxy groups -OCH3 is 1. The molecule has 1 N–H and O–H groups in total. The lowest BCUT2D eigenvalue weighted by atomic mass is 10.3. The van der Waals surface area contributed by atoms with E-state index >= 15 is 0 Å². The maximum atomic E-state index is 11.2. The summed E-state index contributed by atoms with van der Waals surface area (Å²) in [6.45, 7) is 0.349. The first kappa shape index (κ1) is 12.8. The molecule has 1 aliphatic heterocycles. The number of hydrogen-bond acceptors (Lipinski definition) is 6. The fraction of sp³-hybridized carbons (Fsp3) is 0.364. The SMILES string of the molecule is COC(=O)c1coc(CNC2C=CS(=O)(=O)C2)c1. The molecule has 0 saturated heterocycles. The highest BCUT2D eigenvalue weighted by molar-refractivity contribution is 7.94. The third kappa shape index (κ3) is 2.99. The molecule has 2 heterocycles. The average molecular weight is 271 g/mol. The number of nitrogens with one attached hydrogen (secondary N) is 1. The van der Waals surface area contributed by atoms with Crippen LogP contribution in [0.1, 0.15) is 16.1 Å². The van der Waals surface area contributed by atoms with Gasteiger partial charge < -0.3 is 14.5 Å². The summed E-state index contributed by atoms with van der Waals surface area (Å²) in [4.78, 5) is 11.2. The second-order valence-electron chi connectivity index (χ2n) is 3.94. The first-order valence-electron chi connectivity index (χ1n) is 5.30. The first-order chi connectivity index (χ1) is 8.50. The van der Waals surface area contributed by atoms with E-state index in [2.05, 4.69) is 10.1 Å². The summed E-state index contributed by atoms with van der Waals surface area (Å²) in [6, 6.07) is 1.34. The van der Waals surface area contributed by atoms with Crippen LogP contribution in [-0.2, 0) is 21.1 Å². The molecule has 0 aliphatic carbocycles. The molecule has 0 bridgehead atoms. The molecule has 0 amide bonds. The molecule has 6 nitrogen and oxygen atoms in total. The fourth-order valence-corrected chi connectivity index (χ4v) is 2.90. The number of furan rings is 1. The molecule has 0 aromatic carbocycles. The van der Waals surface area contributed by atoms with Gasteiger partial charge in [-0.05, 0) is 6.07 Å². The summed E-state index contributed by atoms with van der Waals surface area (Å²) in [5.41, 5.74) is 0.337. The van der Waals surface area contributed by atoms with Crippen molar-refractivity contribution in [2.75, 3.05) is 12.9 Å². The largest absolute Gasteiger partial charge is 0.467 e. The van der Waals surface area contributed by atoms with Gasteiger partial charge in [-0.15, -0.1) is 0 Å². The van der Waals surface area contributed by atoms with E-state index in [9.17, 15) is 13.2 Å². The monoisotopic (exact) mass is 271 g/mol. The van der Waals surface area contributed by atoms with Crippen LogP contribution in [0.5, 0.6) is 0 Å². The lowest BCUT2D eigenvalue weighted by Crippen LogP contribution is -2.29. The molecule has 1 unspecified atom stereocenters. The Balaban J connectivity index is 1.90. The highest BCUT2D eigenvalue weighted by Gasteiger charge is 2.21. The van der Waals surface area contributed by atoms with E-state index in [1.807, 2.05) is 0 Å². The summed E-state index contributed by atoms with van der Waals surface area (Å²) in [5, 5.41) is 4.21. The minimum Gasteiger partial charge on any atom is -0.467 e. The van der Waals surface area contributed by atoms with E-state index in [1.54, 1.807) is 12.1 Å². The number of ether oxygens (including phenoxy) is 1. The Hall–Kier alpha value is -1.60. The van der Waals surface area contributed by atoms with Crippen molar-refractivity contribution in [3.63, 3.8) is 0 Å². The van der Waals surface area contributed by atoms with E-state index in [-0.39, 0.29) is 11.8 Å². The van der Waals surface area contributed by atoms with Gasteiger partial charge in [0, 0.05) is 11.4 Å². The van der Waals surface area contributed by atoms with Gasteiger partial charge in [0.05, 0.1) is 25.0 Å². The minimum absolute atomic E-state index is 0.0531. The summed E-state index contributed by atoms with van der Waals surface area (Å²) in [6.07, 6.45) is 2.91. The van der Waals surface area contributed by atoms with Crippen molar-refractivity contribution in [1.82, 2.24) is 5.32 Å². The summed E-state index contributed by atoms with van der Waals surface area (Å²) < 4.78 is 32.1. The van der Waals surface area contributed by atoms with Gasteiger partial charge in [-0.3, -0.25) is 0 Å². The molecule has 2 rings (SSSR count). The number of esters is 1. The molecule has 0 saturated carbocycles. The molecule has 1 atom stereocenters. The van der Waals surface area contributed by atoms with E-state index in [0.29, 0.717) is 17.9 Å². The molecule has 1 aromatic heterocycles.